The van der Waals surface area contributed by atoms with E-state index in [0.29, 0.717) is 24.0 Å². The van der Waals surface area contributed by atoms with Gasteiger partial charge >= 0.3 is 0 Å². The van der Waals surface area contributed by atoms with Crippen LogP contribution in [0.2, 0.25) is 0 Å². The van der Waals surface area contributed by atoms with Gasteiger partial charge in [-0.05, 0) is 56.0 Å². The molecule has 1 atom stereocenters. The Morgan fingerprint density at radius 1 is 1.06 bits per heavy atom. The number of benzene rings is 2. The van der Waals surface area contributed by atoms with E-state index >= 15 is 0 Å². The van der Waals surface area contributed by atoms with Crippen molar-refractivity contribution in [2.24, 2.45) is 5.92 Å². The van der Waals surface area contributed by atoms with Gasteiger partial charge in [-0.25, -0.2) is 0 Å². The smallest absolute Gasteiger partial charge is 0.261 e. The maximum absolute atomic E-state index is 13.1. The summed E-state index contributed by atoms with van der Waals surface area (Å²) in [6.07, 6.45) is 0. The van der Waals surface area contributed by atoms with Crippen LogP contribution in [0.4, 0.5) is 0 Å². The maximum atomic E-state index is 13.1. The number of nitrogens with one attached hydrogen (secondary N) is 1. The Bertz CT molecular complexity index is 895. The quantitative estimate of drug-likeness (QED) is 0.626. The molecule has 0 aliphatic heterocycles. The molecule has 0 aliphatic carbocycles. The summed E-state index contributed by atoms with van der Waals surface area (Å²) < 4.78 is 11.1. The number of rotatable bonds is 10. The van der Waals surface area contributed by atoms with E-state index in [-0.39, 0.29) is 25.0 Å². The molecule has 2 aromatic carbocycles. The van der Waals surface area contributed by atoms with E-state index in [1.165, 1.54) is 0 Å². The van der Waals surface area contributed by atoms with Gasteiger partial charge in [0.25, 0.3) is 5.91 Å². The van der Waals surface area contributed by atoms with Crippen LogP contribution in [0.3, 0.4) is 0 Å². The van der Waals surface area contributed by atoms with Crippen LogP contribution in [-0.4, -0.2) is 43.0 Å². The minimum atomic E-state index is -0.639. The molecule has 6 nitrogen and oxygen atoms in total. The van der Waals surface area contributed by atoms with Crippen LogP contribution in [0.5, 0.6) is 11.5 Å². The summed E-state index contributed by atoms with van der Waals surface area (Å²) in [6, 6.07) is 12.7. The Morgan fingerprint density at radius 2 is 1.81 bits per heavy atom. The summed E-state index contributed by atoms with van der Waals surface area (Å²) in [6.45, 7) is 10.5. The fraction of sp³-hybridized carbons (Fsp3) is 0.440. The van der Waals surface area contributed by atoms with Gasteiger partial charge in [-0.2, -0.15) is 0 Å². The predicted octanol–water partition coefficient (Wildman–Crippen LogP) is 3.88. The molecule has 0 bridgehead atoms. The van der Waals surface area contributed by atoms with Crippen molar-refractivity contribution >= 4 is 11.8 Å². The van der Waals surface area contributed by atoms with Gasteiger partial charge in [-0.1, -0.05) is 43.7 Å². The van der Waals surface area contributed by atoms with E-state index in [1.807, 2.05) is 70.2 Å². The van der Waals surface area contributed by atoms with Crippen LogP contribution < -0.4 is 14.8 Å². The monoisotopic (exact) mass is 426 g/mol. The van der Waals surface area contributed by atoms with E-state index in [0.717, 1.165) is 16.7 Å². The lowest BCUT2D eigenvalue weighted by atomic mass is 10.1. The number of aryl methyl sites for hydroxylation is 2. The first kappa shape index (κ1) is 24.3. The van der Waals surface area contributed by atoms with Crippen LogP contribution in [0.1, 0.15) is 37.5 Å². The molecule has 2 rings (SSSR count). The Kier molecular flexibility index (Phi) is 8.91. The predicted molar refractivity (Wildman–Crippen MR) is 122 cm³/mol. The maximum Gasteiger partial charge on any atom is 0.261 e. The van der Waals surface area contributed by atoms with Crippen molar-refractivity contribution in [1.29, 1.82) is 0 Å². The Labute approximate surface area is 185 Å². The van der Waals surface area contributed by atoms with Gasteiger partial charge in [0, 0.05) is 13.1 Å². The van der Waals surface area contributed by atoms with Crippen LogP contribution in [0.15, 0.2) is 42.5 Å². The van der Waals surface area contributed by atoms with E-state index in [2.05, 4.69) is 5.32 Å². The van der Waals surface area contributed by atoms with Crippen LogP contribution in [0, 0.1) is 19.8 Å². The molecule has 0 saturated heterocycles. The summed E-state index contributed by atoms with van der Waals surface area (Å²) in [5, 5.41) is 2.92. The first-order valence-corrected chi connectivity index (χ1v) is 10.6. The molecule has 0 aliphatic rings. The number of amides is 2. The molecule has 168 valence electrons. The molecule has 31 heavy (non-hydrogen) atoms. The summed E-state index contributed by atoms with van der Waals surface area (Å²) >= 11 is 0. The second kappa shape index (κ2) is 11.4. The highest BCUT2D eigenvalue weighted by atomic mass is 16.5. The largest absolute Gasteiger partial charge is 0.497 e. The number of carbonyl (C=O) groups excluding carboxylic acids is 2. The second-order valence-corrected chi connectivity index (χ2v) is 8.25. The van der Waals surface area contributed by atoms with Crippen molar-refractivity contribution < 1.29 is 19.1 Å². The lowest BCUT2D eigenvalue weighted by molar-refractivity contribution is -0.142. The standard InChI is InChI=1S/C25H34N2O4/c1-17(2)14-26-25(29)20(5)27(15-21-8-7-9-22(13-21)30-6)24(28)16-31-23-11-10-18(3)12-19(23)4/h7-13,17,20H,14-16H2,1-6H3,(H,26,29)/t20-/m1/s1. The summed E-state index contributed by atoms with van der Waals surface area (Å²) in [5.41, 5.74) is 2.98. The molecular formula is C25H34N2O4. The zero-order valence-corrected chi connectivity index (χ0v) is 19.4. The zero-order chi connectivity index (χ0) is 23.0. The van der Waals surface area contributed by atoms with Gasteiger partial charge in [0.05, 0.1) is 7.11 Å². The molecular weight excluding hydrogens is 392 g/mol. The van der Waals surface area contributed by atoms with Gasteiger partial charge in [0.1, 0.15) is 17.5 Å². The van der Waals surface area contributed by atoms with Crippen LogP contribution >= 0.6 is 0 Å². The molecule has 0 saturated carbocycles. The number of carbonyl (C=O) groups is 2. The fourth-order valence-corrected chi connectivity index (χ4v) is 3.19. The lowest BCUT2D eigenvalue weighted by Crippen LogP contribution is -2.49. The van der Waals surface area contributed by atoms with Crippen molar-refractivity contribution in [3.63, 3.8) is 0 Å². The molecule has 0 spiro atoms. The summed E-state index contributed by atoms with van der Waals surface area (Å²) in [5.74, 6) is 1.25. The lowest BCUT2D eigenvalue weighted by Gasteiger charge is -2.29. The zero-order valence-electron chi connectivity index (χ0n) is 19.4. The Hall–Kier alpha value is -3.02. The highest BCUT2D eigenvalue weighted by Crippen LogP contribution is 2.20. The Morgan fingerprint density at radius 3 is 2.45 bits per heavy atom. The van der Waals surface area contributed by atoms with Gasteiger partial charge in [-0.15, -0.1) is 0 Å². The highest BCUT2D eigenvalue weighted by Gasteiger charge is 2.26. The molecule has 6 heteroatoms. The van der Waals surface area contributed by atoms with Crippen LogP contribution in [0.25, 0.3) is 0 Å². The van der Waals surface area contributed by atoms with Crippen molar-refractivity contribution in [3.05, 3.63) is 59.2 Å². The summed E-state index contributed by atoms with van der Waals surface area (Å²) in [4.78, 5) is 27.4. The summed E-state index contributed by atoms with van der Waals surface area (Å²) in [7, 11) is 1.60. The van der Waals surface area contributed by atoms with Crippen molar-refractivity contribution in [2.75, 3.05) is 20.3 Å². The minimum Gasteiger partial charge on any atom is -0.497 e. The normalized spacial score (nSPS) is 11.7. The van der Waals surface area contributed by atoms with Gasteiger partial charge in [-0.3, -0.25) is 9.59 Å². The molecule has 0 unspecified atom stereocenters. The molecule has 0 aromatic heterocycles. The number of ether oxygens (including phenoxy) is 2. The first-order valence-electron chi connectivity index (χ1n) is 10.6. The van der Waals surface area contributed by atoms with Gasteiger partial charge in [0.15, 0.2) is 6.61 Å². The molecule has 0 heterocycles. The minimum absolute atomic E-state index is 0.143. The Balaban J connectivity index is 2.18. The molecule has 2 amide bonds. The van der Waals surface area contributed by atoms with E-state index < -0.39 is 6.04 Å². The van der Waals surface area contributed by atoms with Crippen molar-refractivity contribution in [1.82, 2.24) is 10.2 Å². The average Bonchev–Trinajstić information content (AvgIpc) is 2.74. The first-order chi connectivity index (χ1) is 14.7. The third-order valence-electron chi connectivity index (χ3n) is 5.02. The number of nitrogens with zero attached hydrogens (tertiary/aromatic N) is 1. The van der Waals surface area contributed by atoms with Gasteiger partial charge < -0.3 is 19.7 Å². The third-order valence-corrected chi connectivity index (χ3v) is 5.02. The fourth-order valence-electron chi connectivity index (χ4n) is 3.19. The number of hydrogen-bond acceptors (Lipinski definition) is 4. The number of methoxy groups -OCH3 is 1. The molecule has 0 radical (unpaired) electrons. The molecule has 2 aromatic rings. The molecule has 0 fully saturated rings. The topological polar surface area (TPSA) is 67.9 Å². The van der Waals surface area contributed by atoms with Gasteiger partial charge in [0.2, 0.25) is 5.91 Å². The third kappa shape index (κ3) is 7.31. The SMILES string of the molecule is COc1cccc(CN(C(=O)COc2ccc(C)cc2C)[C@H](C)C(=O)NCC(C)C)c1. The van der Waals surface area contributed by atoms with Crippen LogP contribution in [-0.2, 0) is 16.1 Å². The second-order valence-electron chi connectivity index (χ2n) is 8.25. The van der Waals surface area contributed by atoms with E-state index in [1.54, 1.807) is 18.9 Å². The molecule has 1 N–H and O–H groups in total. The number of hydrogen-bond donors (Lipinski definition) is 1. The van der Waals surface area contributed by atoms with E-state index in [9.17, 15) is 9.59 Å². The van der Waals surface area contributed by atoms with Crippen molar-refractivity contribution in [2.45, 2.75) is 47.2 Å². The highest BCUT2D eigenvalue weighted by molar-refractivity contribution is 5.88. The average molecular weight is 427 g/mol. The van der Waals surface area contributed by atoms with E-state index in [4.69, 9.17) is 9.47 Å². The van der Waals surface area contributed by atoms with Crippen molar-refractivity contribution in [3.8, 4) is 11.5 Å².